The van der Waals surface area contributed by atoms with Gasteiger partial charge in [0.05, 0.1) is 16.9 Å². The van der Waals surface area contributed by atoms with Gasteiger partial charge in [-0.2, -0.15) is 0 Å². The molecule has 0 aliphatic carbocycles. The van der Waals surface area contributed by atoms with Crippen LogP contribution in [0.1, 0.15) is 18.1 Å². The van der Waals surface area contributed by atoms with E-state index in [4.69, 9.17) is 12.2 Å². The molecule has 142 valence electrons. The molecule has 0 N–H and O–H groups in total. The molecule has 0 bridgehead atoms. The van der Waals surface area contributed by atoms with Crippen molar-refractivity contribution in [3.63, 3.8) is 0 Å². The van der Waals surface area contributed by atoms with Crippen LogP contribution in [0, 0.1) is 0 Å². The number of carbonyl (C=O) groups excluding carboxylic acids is 2. The van der Waals surface area contributed by atoms with Gasteiger partial charge in [0.15, 0.2) is 0 Å². The van der Waals surface area contributed by atoms with Crippen molar-refractivity contribution in [1.82, 2.24) is 4.90 Å². The van der Waals surface area contributed by atoms with E-state index < -0.39 is 17.9 Å². The molecule has 28 heavy (non-hydrogen) atoms. The molecule has 2 aromatic rings. The molecule has 1 saturated heterocycles. The zero-order valence-electron chi connectivity index (χ0n) is 15.2. The van der Waals surface area contributed by atoms with Crippen LogP contribution in [0.3, 0.4) is 0 Å². The highest BCUT2D eigenvalue weighted by atomic mass is 32.2. The van der Waals surface area contributed by atoms with E-state index in [1.54, 1.807) is 6.08 Å². The zero-order chi connectivity index (χ0) is 20.1. The SMILES string of the molecule is CC(=C\c1ccccc1)/C=C1/SC(=S)N([C@H](Cc2ccccc2)C(=O)[O-])C1=O. The normalized spacial score (nSPS) is 17.2. The van der Waals surface area contributed by atoms with Crippen LogP contribution in [-0.4, -0.2) is 27.1 Å². The first-order chi connectivity index (χ1) is 13.5. The number of thioether (sulfide) groups is 1. The standard InChI is InChI=1S/C22H19NO3S2/c1-15(12-16-8-4-2-5-9-16)13-19-20(24)23(22(27)28-19)18(21(25)26)14-17-10-6-3-7-11-17/h2-13,18H,14H2,1H3,(H,25,26)/p-1/b15-12+,19-13+/t18-/m1/s1. The van der Waals surface area contributed by atoms with Gasteiger partial charge in [-0.15, -0.1) is 0 Å². The number of benzene rings is 2. The third kappa shape index (κ3) is 4.77. The van der Waals surface area contributed by atoms with Gasteiger partial charge in [0.25, 0.3) is 5.91 Å². The molecule has 1 heterocycles. The van der Waals surface area contributed by atoms with Gasteiger partial charge in [0.2, 0.25) is 0 Å². The summed E-state index contributed by atoms with van der Waals surface area (Å²) >= 11 is 6.42. The predicted molar refractivity (Wildman–Crippen MR) is 114 cm³/mol. The van der Waals surface area contributed by atoms with Gasteiger partial charge in [-0.05, 0) is 36.1 Å². The lowest BCUT2D eigenvalue weighted by atomic mass is 10.0. The maximum atomic E-state index is 12.9. The number of aliphatic carboxylic acids is 1. The minimum absolute atomic E-state index is 0.141. The number of hydrogen-bond acceptors (Lipinski definition) is 5. The van der Waals surface area contributed by atoms with Gasteiger partial charge in [-0.25, -0.2) is 0 Å². The average Bonchev–Trinajstić information content (AvgIpc) is 2.94. The Balaban J connectivity index is 1.83. The van der Waals surface area contributed by atoms with Crippen molar-refractivity contribution < 1.29 is 14.7 Å². The van der Waals surface area contributed by atoms with Gasteiger partial charge in [-0.3, -0.25) is 9.69 Å². The predicted octanol–water partition coefficient (Wildman–Crippen LogP) is 3.20. The van der Waals surface area contributed by atoms with Gasteiger partial charge >= 0.3 is 0 Å². The lowest BCUT2D eigenvalue weighted by molar-refractivity contribution is -0.310. The summed E-state index contributed by atoms with van der Waals surface area (Å²) in [5.41, 5.74) is 2.69. The van der Waals surface area contributed by atoms with Crippen LogP contribution < -0.4 is 5.11 Å². The Kier molecular flexibility index (Phi) is 6.44. The molecule has 1 aliphatic rings. The fourth-order valence-electron chi connectivity index (χ4n) is 2.93. The number of carboxylic acid groups (broad SMARTS) is 1. The molecule has 2 aromatic carbocycles. The second-order valence-corrected chi connectivity index (χ2v) is 8.05. The van der Waals surface area contributed by atoms with Crippen LogP contribution in [0.25, 0.3) is 6.08 Å². The molecule has 1 fully saturated rings. The van der Waals surface area contributed by atoms with E-state index in [0.717, 1.165) is 33.4 Å². The molecule has 0 aromatic heterocycles. The summed E-state index contributed by atoms with van der Waals surface area (Å²) in [4.78, 5) is 26.2. The number of amides is 1. The largest absolute Gasteiger partial charge is 0.548 e. The molecular weight excluding hydrogens is 390 g/mol. The molecule has 3 rings (SSSR count). The zero-order valence-corrected chi connectivity index (χ0v) is 16.8. The van der Waals surface area contributed by atoms with E-state index >= 15 is 0 Å². The molecule has 1 aliphatic heterocycles. The van der Waals surface area contributed by atoms with E-state index in [-0.39, 0.29) is 10.7 Å². The van der Waals surface area contributed by atoms with Gasteiger partial charge in [-0.1, -0.05) is 90.7 Å². The number of rotatable bonds is 6. The van der Waals surface area contributed by atoms with Crippen molar-refractivity contribution in [1.29, 1.82) is 0 Å². The monoisotopic (exact) mass is 408 g/mol. The highest BCUT2D eigenvalue weighted by Crippen LogP contribution is 2.34. The first-order valence-electron chi connectivity index (χ1n) is 8.71. The van der Waals surface area contributed by atoms with Crippen molar-refractivity contribution in [3.05, 3.63) is 88.3 Å². The van der Waals surface area contributed by atoms with Crippen LogP contribution in [-0.2, 0) is 16.0 Å². The summed E-state index contributed by atoms with van der Waals surface area (Å²) in [5, 5.41) is 11.7. The first kappa shape index (κ1) is 20.0. The molecule has 0 radical (unpaired) electrons. The second kappa shape index (κ2) is 8.99. The molecule has 1 amide bonds. The Morgan fingerprint density at radius 3 is 2.36 bits per heavy atom. The number of carboxylic acids is 1. The Hall–Kier alpha value is -2.70. The lowest BCUT2D eigenvalue weighted by Gasteiger charge is -2.27. The smallest absolute Gasteiger partial charge is 0.266 e. The van der Waals surface area contributed by atoms with E-state index in [9.17, 15) is 14.7 Å². The van der Waals surface area contributed by atoms with Crippen molar-refractivity contribution in [2.75, 3.05) is 0 Å². The van der Waals surface area contributed by atoms with Crippen LogP contribution in [0.5, 0.6) is 0 Å². The summed E-state index contributed by atoms with van der Waals surface area (Å²) in [6.45, 7) is 1.89. The molecule has 0 spiro atoms. The fraction of sp³-hybridized carbons (Fsp3) is 0.136. The van der Waals surface area contributed by atoms with Crippen molar-refractivity contribution >= 4 is 46.3 Å². The van der Waals surface area contributed by atoms with Crippen LogP contribution in [0.4, 0.5) is 0 Å². The lowest BCUT2D eigenvalue weighted by Crippen LogP contribution is -2.51. The van der Waals surface area contributed by atoms with Crippen molar-refractivity contribution in [3.8, 4) is 0 Å². The van der Waals surface area contributed by atoms with Crippen LogP contribution in [0.2, 0.25) is 0 Å². The Bertz CT molecular complexity index is 952. The summed E-state index contributed by atoms with van der Waals surface area (Å²) < 4.78 is 0.230. The maximum Gasteiger partial charge on any atom is 0.266 e. The quantitative estimate of drug-likeness (QED) is 0.543. The molecule has 6 heteroatoms. The summed E-state index contributed by atoms with van der Waals surface area (Å²) in [6, 6.07) is 17.7. The Labute approximate surface area is 173 Å². The summed E-state index contributed by atoms with van der Waals surface area (Å²) in [7, 11) is 0. The molecule has 1 atom stereocenters. The number of hydrogen-bond donors (Lipinski definition) is 0. The minimum atomic E-state index is -1.32. The van der Waals surface area contributed by atoms with E-state index in [1.165, 1.54) is 0 Å². The maximum absolute atomic E-state index is 12.9. The van der Waals surface area contributed by atoms with Gasteiger partial charge in [0, 0.05) is 0 Å². The first-order valence-corrected chi connectivity index (χ1v) is 9.93. The van der Waals surface area contributed by atoms with Crippen molar-refractivity contribution in [2.45, 2.75) is 19.4 Å². The van der Waals surface area contributed by atoms with Gasteiger partial charge < -0.3 is 9.90 Å². The number of allylic oxidation sites excluding steroid dienone is 2. The highest BCUT2D eigenvalue weighted by Gasteiger charge is 2.37. The molecular formula is C22H18NO3S2-. The Morgan fingerprint density at radius 2 is 1.75 bits per heavy atom. The number of thiocarbonyl (C=S) groups is 1. The third-order valence-electron chi connectivity index (χ3n) is 4.23. The summed E-state index contributed by atoms with van der Waals surface area (Å²) in [5.74, 6) is -1.72. The molecule has 4 nitrogen and oxygen atoms in total. The third-order valence-corrected chi connectivity index (χ3v) is 5.56. The van der Waals surface area contributed by atoms with E-state index in [1.807, 2.05) is 73.7 Å². The Morgan fingerprint density at radius 1 is 1.14 bits per heavy atom. The van der Waals surface area contributed by atoms with Gasteiger partial charge in [0.1, 0.15) is 4.32 Å². The topological polar surface area (TPSA) is 60.4 Å². The van der Waals surface area contributed by atoms with E-state index in [2.05, 4.69) is 0 Å². The van der Waals surface area contributed by atoms with Crippen LogP contribution in [0.15, 0.2) is 77.2 Å². The van der Waals surface area contributed by atoms with Crippen molar-refractivity contribution in [2.24, 2.45) is 0 Å². The minimum Gasteiger partial charge on any atom is -0.548 e. The van der Waals surface area contributed by atoms with Crippen LogP contribution >= 0.6 is 24.0 Å². The number of nitrogens with zero attached hydrogens (tertiary/aromatic N) is 1. The summed E-state index contributed by atoms with van der Waals surface area (Å²) in [6.07, 6.45) is 3.83. The number of carbonyl (C=O) groups is 2. The highest BCUT2D eigenvalue weighted by molar-refractivity contribution is 8.26. The van der Waals surface area contributed by atoms with E-state index in [0.29, 0.717) is 4.91 Å². The fourth-order valence-corrected chi connectivity index (χ4v) is 4.33. The molecule has 0 saturated carbocycles. The average molecular weight is 409 g/mol. The second-order valence-electron chi connectivity index (χ2n) is 6.38. The molecule has 0 unspecified atom stereocenters.